The third-order valence-electron chi connectivity index (χ3n) is 3.32. The fraction of sp³-hybridized carbons (Fsp3) is 0.538. The van der Waals surface area contributed by atoms with Crippen LogP contribution < -0.4 is 10.1 Å². The minimum atomic E-state index is -0.927. The van der Waals surface area contributed by atoms with Crippen LogP contribution in [0, 0.1) is 17.6 Å². The molecule has 0 spiro atoms. The maximum Gasteiger partial charge on any atom is 0.202 e. The molecule has 0 atom stereocenters. The Labute approximate surface area is 100.0 Å². The molecule has 1 N–H and O–H groups in total. The van der Waals surface area contributed by atoms with Crippen LogP contribution in [0.1, 0.15) is 25.7 Å². The maximum absolute atomic E-state index is 13.6. The lowest BCUT2D eigenvalue weighted by Gasteiger charge is -2.13. The Bertz CT molecular complexity index is 389. The summed E-state index contributed by atoms with van der Waals surface area (Å²) in [5.41, 5.74) is 0.218. The van der Waals surface area contributed by atoms with Crippen molar-refractivity contribution in [3.05, 3.63) is 23.8 Å². The van der Waals surface area contributed by atoms with Gasteiger partial charge in [-0.15, -0.1) is 0 Å². The van der Waals surface area contributed by atoms with Crippen LogP contribution in [0.15, 0.2) is 12.1 Å². The first-order valence-electron chi connectivity index (χ1n) is 5.98. The van der Waals surface area contributed by atoms with Crippen LogP contribution in [0.3, 0.4) is 0 Å². The number of benzene rings is 1. The molecule has 0 unspecified atom stereocenters. The molecule has 1 aliphatic carbocycles. The highest BCUT2D eigenvalue weighted by Crippen LogP contribution is 2.28. The molecule has 0 bridgehead atoms. The van der Waals surface area contributed by atoms with Crippen molar-refractivity contribution in [2.45, 2.75) is 25.7 Å². The number of halogens is 2. The van der Waals surface area contributed by atoms with Gasteiger partial charge >= 0.3 is 0 Å². The van der Waals surface area contributed by atoms with Gasteiger partial charge in [0.15, 0.2) is 11.6 Å². The van der Waals surface area contributed by atoms with Crippen molar-refractivity contribution in [1.82, 2.24) is 0 Å². The van der Waals surface area contributed by atoms with E-state index < -0.39 is 11.6 Å². The number of anilines is 1. The highest BCUT2D eigenvalue weighted by molar-refractivity contribution is 5.49. The topological polar surface area (TPSA) is 21.3 Å². The molecular weight excluding hydrogens is 224 g/mol. The average molecular weight is 241 g/mol. The predicted octanol–water partition coefficient (Wildman–Crippen LogP) is 3.58. The van der Waals surface area contributed by atoms with Crippen LogP contribution in [-0.4, -0.2) is 13.7 Å². The molecule has 17 heavy (non-hydrogen) atoms. The molecular formula is C13H17F2NO. The fourth-order valence-corrected chi connectivity index (χ4v) is 2.29. The first kappa shape index (κ1) is 12.1. The van der Waals surface area contributed by atoms with Crippen LogP contribution in [0.5, 0.6) is 5.75 Å². The van der Waals surface area contributed by atoms with Crippen LogP contribution in [0.2, 0.25) is 0 Å². The third-order valence-corrected chi connectivity index (χ3v) is 3.32. The lowest BCUT2D eigenvalue weighted by molar-refractivity contribution is 0.372. The van der Waals surface area contributed by atoms with Gasteiger partial charge in [0.05, 0.1) is 12.8 Å². The lowest BCUT2D eigenvalue weighted by Crippen LogP contribution is -2.12. The van der Waals surface area contributed by atoms with Gasteiger partial charge in [-0.25, -0.2) is 4.39 Å². The molecule has 0 aromatic heterocycles. The van der Waals surface area contributed by atoms with Crippen LogP contribution in [-0.2, 0) is 0 Å². The van der Waals surface area contributed by atoms with E-state index in [9.17, 15) is 8.78 Å². The van der Waals surface area contributed by atoms with Gasteiger partial charge in [0, 0.05) is 6.54 Å². The molecule has 0 radical (unpaired) electrons. The molecule has 0 amide bonds. The standard InChI is InChI=1S/C13H17F2NO/c1-17-11-7-6-10(12(14)13(11)15)16-8-9-4-2-3-5-9/h6-7,9,16H,2-5,8H2,1H3. The summed E-state index contributed by atoms with van der Waals surface area (Å²) in [6.45, 7) is 0.711. The van der Waals surface area contributed by atoms with E-state index >= 15 is 0 Å². The van der Waals surface area contributed by atoms with E-state index in [1.807, 2.05) is 0 Å². The van der Waals surface area contributed by atoms with Crippen molar-refractivity contribution in [3.8, 4) is 5.75 Å². The van der Waals surface area contributed by atoms with E-state index in [1.165, 1.54) is 44.9 Å². The zero-order chi connectivity index (χ0) is 12.3. The van der Waals surface area contributed by atoms with Crippen LogP contribution in [0.25, 0.3) is 0 Å². The molecule has 1 fully saturated rings. The second-order valence-electron chi connectivity index (χ2n) is 4.47. The van der Waals surface area contributed by atoms with Crippen molar-refractivity contribution in [1.29, 1.82) is 0 Å². The Morgan fingerprint density at radius 3 is 2.59 bits per heavy atom. The van der Waals surface area contributed by atoms with Crippen molar-refractivity contribution in [2.24, 2.45) is 5.92 Å². The molecule has 0 heterocycles. The smallest absolute Gasteiger partial charge is 0.202 e. The average Bonchev–Trinajstić information content (AvgIpc) is 2.84. The predicted molar refractivity (Wildman–Crippen MR) is 63.4 cm³/mol. The van der Waals surface area contributed by atoms with Gasteiger partial charge in [0.2, 0.25) is 5.82 Å². The van der Waals surface area contributed by atoms with Crippen molar-refractivity contribution < 1.29 is 13.5 Å². The van der Waals surface area contributed by atoms with Crippen molar-refractivity contribution in [2.75, 3.05) is 19.0 Å². The van der Waals surface area contributed by atoms with E-state index in [0.717, 1.165) is 0 Å². The molecule has 94 valence electrons. The van der Waals surface area contributed by atoms with Gasteiger partial charge in [0.25, 0.3) is 0 Å². The minimum absolute atomic E-state index is 0.0612. The van der Waals surface area contributed by atoms with Crippen LogP contribution in [0.4, 0.5) is 14.5 Å². The molecule has 1 aliphatic rings. The number of nitrogens with one attached hydrogen (secondary N) is 1. The summed E-state index contributed by atoms with van der Waals surface area (Å²) in [7, 11) is 1.32. The van der Waals surface area contributed by atoms with Crippen molar-refractivity contribution >= 4 is 5.69 Å². The molecule has 0 saturated heterocycles. The Hall–Kier alpha value is -1.32. The number of hydrogen-bond donors (Lipinski definition) is 1. The quantitative estimate of drug-likeness (QED) is 0.870. The summed E-state index contributed by atoms with van der Waals surface area (Å²) in [6.07, 6.45) is 4.83. The largest absolute Gasteiger partial charge is 0.494 e. The second kappa shape index (κ2) is 5.34. The molecule has 1 saturated carbocycles. The SMILES string of the molecule is COc1ccc(NCC2CCCC2)c(F)c1F. The van der Waals surface area contributed by atoms with E-state index in [0.29, 0.717) is 12.5 Å². The van der Waals surface area contributed by atoms with Gasteiger partial charge in [-0.05, 0) is 30.9 Å². The minimum Gasteiger partial charge on any atom is -0.494 e. The lowest BCUT2D eigenvalue weighted by atomic mass is 10.1. The summed E-state index contributed by atoms with van der Waals surface area (Å²) >= 11 is 0. The normalized spacial score (nSPS) is 16.2. The summed E-state index contributed by atoms with van der Waals surface area (Å²) in [6, 6.07) is 2.96. The van der Waals surface area contributed by atoms with E-state index in [4.69, 9.17) is 4.74 Å². The summed E-state index contributed by atoms with van der Waals surface area (Å²) < 4.78 is 31.7. The number of ether oxygens (including phenoxy) is 1. The molecule has 1 aromatic carbocycles. The molecule has 0 aliphatic heterocycles. The van der Waals surface area contributed by atoms with Gasteiger partial charge < -0.3 is 10.1 Å². The molecule has 4 heteroatoms. The van der Waals surface area contributed by atoms with Gasteiger partial charge in [-0.3, -0.25) is 0 Å². The Balaban J connectivity index is 2.03. The monoisotopic (exact) mass is 241 g/mol. The van der Waals surface area contributed by atoms with Gasteiger partial charge in [-0.2, -0.15) is 4.39 Å². The number of methoxy groups -OCH3 is 1. The molecule has 2 rings (SSSR count). The highest BCUT2D eigenvalue weighted by Gasteiger charge is 2.17. The summed E-state index contributed by atoms with van der Waals surface area (Å²) in [4.78, 5) is 0. The third kappa shape index (κ3) is 2.68. The summed E-state index contributed by atoms with van der Waals surface area (Å²) in [5.74, 6) is -1.26. The zero-order valence-electron chi connectivity index (χ0n) is 9.93. The Morgan fingerprint density at radius 1 is 1.24 bits per heavy atom. The maximum atomic E-state index is 13.6. The number of hydrogen-bond acceptors (Lipinski definition) is 2. The van der Waals surface area contributed by atoms with E-state index in [1.54, 1.807) is 0 Å². The second-order valence-corrected chi connectivity index (χ2v) is 4.47. The van der Waals surface area contributed by atoms with E-state index in [2.05, 4.69) is 5.32 Å². The molecule has 1 aromatic rings. The van der Waals surface area contributed by atoms with Gasteiger partial charge in [-0.1, -0.05) is 12.8 Å². The Morgan fingerprint density at radius 2 is 1.94 bits per heavy atom. The first-order valence-corrected chi connectivity index (χ1v) is 5.98. The Kier molecular flexibility index (Phi) is 3.82. The first-order chi connectivity index (χ1) is 8.22. The van der Waals surface area contributed by atoms with Gasteiger partial charge in [0.1, 0.15) is 0 Å². The number of rotatable bonds is 4. The highest BCUT2D eigenvalue weighted by atomic mass is 19.2. The zero-order valence-corrected chi connectivity index (χ0v) is 9.93. The van der Waals surface area contributed by atoms with E-state index in [-0.39, 0.29) is 11.4 Å². The van der Waals surface area contributed by atoms with Crippen molar-refractivity contribution in [3.63, 3.8) is 0 Å². The summed E-state index contributed by atoms with van der Waals surface area (Å²) in [5, 5.41) is 2.98. The van der Waals surface area contributed by atoms with Crippen LogP contribution >= 0.6 is 0 Å². The fourth-order valence-electron chi connectivity index (χ4n) is 2.29. The molecule has 2 nitrogen and oxygen atoms in total.